The molecule has 0 spiro atoms. The van der Waals surface area contributed by atoms with E-state index in [1.165, 1.54) is 0 Å². The first kappa shape index (κ1) is 16.2. The van der Waals surface area contributed by atoms with Crippen LogP contribution in [0.1, 0.15) is 26.7 Å². The first-order valence-electron chi connectivity index (χ1n) is 5.96. The van der Waals surface area contributed by atoms with Gasteiger partial charge in [0.1, 0.15) is 6.61 Å². The van der Waals surface area contributed by atoms with Gasteiger partial charge in [-0.1, -0.05) is 13.8 Å². The average Bonchev–Trinajstić information content (AvgIpc) is 2.30. The summed E-state index contributed by atoms with van der Waals surface area (Å²) in [4.78, 5) is 11.4. The fraction of sp³-hybridized carbons (Fsp3) is 0.909. The summed E-state index contributed by atoms with van der Waals surface area (Å²) in [6.45, 7) is 4.24. The van der Waals surface area contributed by atoms with Crippen molar-refractivity contribution in [1.29, 1.82) is 0 Å². The number of carbonyl (C=O) groups is 1. The first-order chi connectivity index (χ1) is 8.10. The summed E-state index contributed by atoms with van der Waals surface area (Å²) >= 11 is 0. The molecular formula is C11H22F2N2O2. The highest BCUT2D eigenvalue weighted by molar-refractivity contribution is 5.78. The van der Waals surface area contributed by atoms with Gasteiger partial charge in [0.05, 0.1) is 13.2 Å². The first-order valence-corrected chi connectivity index (χ1v) is 5.96. The smallest absolute Gasteiger partial charge is 0.261 e. The summed E-state index contributed by atoms with van der Waals surface area (Å²) < 4.78 is 28.0. The molecule has 0 saturated carbocycles. The SMILES string of the molecule is CCC(CC)NC(=O)CNCCOCC(F)F. The van der Waals surface area contributed by atoms with Crippen LogP contribution in [0.2, 0.25) is 0 Å². The molecule has 0 rings (SSSR count). The maximum Gasteiger partial charge on any atom is 0.261 e. The lowest BCUT2D eigenvalue weighted by atomic mass is 10.2. The Morgan fingerprint density at radius 2 is 1.94 bits per heavy atom. The van der Waals surface area contributed by atoms with Crippen molar-refractivity contribution in [3.05, 3.63) is 0 Å². The predicted molar refractivity (Wildman–Crippen MR) is 62.2 cm³/mol. The second kappa shape index (κ2) is 10.4. The molecule has 0 heterocycles. The van der Waals surface area contributed by atoms with Crippen LogP contribution in [-0.2, 0) is 9.53 Å². The second-order valence-corrected chi connectivity index (χ2v) is 3.72. The summed E-state index contributed by atoms with van der Waals surface area (Å²) in [5.41, 5.74) is 0. The summed E-state index contributed by atoms with van der Waals surface area (Å²) in [6.07, 6.45) is -0.632. The van der Waals surface area contributed by atoms with Gasteiger partial charge in [-0.15, -0.1) is 0 Å². The second-order valence-electron chi connectivity index (χ2n) is 3.72. The third-order valence-electron chi connectivity index (χ3n) is 2.30. The van der Waals surface area contributed by atoms with E-state index in [0.717, 1.165) is 12.8 Å². The number of carbonyl (C=O) groups excluding carboxylic acids is 1. The highest BCUT2D eigenvalue weighted by Gasteiger charge is 2.07. The minimum atomic E-state index is -2.44. The molecule has 102 valence electrons. The van der Waals surface area contributed by atoms with Crippen LogP contribution in [0.5, 0.6) is 0 Å². The minimum absolute atomic E-state index is 0.0763. The van der Waals surface area contributed by atoms with Crippen LogP contribution in [0.15, 0.2) is 0 Å². The number of hydrogen-bond donors (Lipinski definition) is 2. The molecule has 0 aliphatic heterocycles. The molecule has 0 aromatic rings. The highest BCUT2D eigenvalue weighted by atomic mass is 19.3. The van der Waals surface area contributed by atoms with E-state index in [4.69, 9.17) is 0 Å². The Bertz CT molecular complexity index is 200. The molecule has 1 amide bonds. The van der Waals surface area contributed by atoms with Gasteiger partial charge in [0.25, 0.3) is 6.43 Å². The van der Waals surface area contributed by atoms with Crippen molar-refractivity contribution in [2.24, 2.45) is 0 Å². The van der Waals surface area contributed by atoms with E-state index in [0.29, 0.717) is 6.54 Å². The number of alkyl halides is 2. The van der Waals surface area contributed by atoms with E-state index < -0.39 is 13.0 Å². The Kier molecular flexibility index (Phi) is 9.95. The van der Waals surface area contributed by atoms with Gasteiger partial charge >= 0.3 is 0 Å². The lowest BCUT2D eigenvalue weighted by molar-refractivity contribution is -0.121. The van der Waals surface area contributed by atoms with Crippen LogP contribution in [0.25, 0.3) is 0 Å². The Labute approximate surface area is 101 Å². The van der Waals surface area contributed by atoms with Crippen molar-refractivity contribution >= 4 is 5.91 Å². The molecule has 0 aliphatic carbocycles. The van der Waals surface area contributed by atoms with E-state index >= 15 is 0 Å². The molecule has 0 radical (unpaired) electrons. The van der Waals surface area contributed by atoms with E-state index in [1.807, 2.05) is 13.8 Å². The fourth-order valence-electron chi connectivity index (χ4n) is 1.29. The van der Waals surface area contributed by atoms with Gasteiger partial charge in [-0.05, 0) is 12.8 Å². The molecule has 0 saturated heterocycles. The number of halogens is 2. The van der Waals surface area contributed by atoms with Crippen molar-refractivity contribution in [2.75, 3.05) is 26.3 Å². The zero-order valence-electron chi connectivity index (χ0n) is 10.5. The molecule has 2 N–H and O–H groups in total. The van der Waals surface area contributed by atoms with Gasteiger partial charge in [-0.2, -0.15) is 0 Å². The van der Waals surface area contributed by atoms with Gasteiger partial charge in [-0.25, -0.2) is 8.78 Å². The Morgan fingerprint density at radius 1 is 1.29 bits per heavy atom. The van der Waals surface area contributed by atoms with Gasteiger partial charge in [0, 0.05) is 12.6 Å². The lowest BCUT2D eigenvalue weighted by Gasteiger charge is -2.14. The maximum absolute atomic E-state index is 11.7. The molecule has 0 unspecified atom stereocenters. The Balaban J connectivity index is 3.39. The van der Waals surface area contributed by atoms with Gasteiger partial charge < -0.3 is 15.4 Å². The predicted octanol–water partition coefficient (Wildman–Crippen LogP) is 1.16. The number of rotatable bonds is 10. The molecular weight excluding hydrogens is 230 g/mol. The fourth-order valence-corrected chi connectivity index (χ4v) is 1.29. The molecule has 6 heteroatoms. The van der Waals surface area contributed by atoms with E-state index in [-0.39, 0.29) is 25.1 Å². The standard InChI is InChI=1S/C11H22F2N2O2/c1-3-9(4-2)15-11(16)7-14-5-6-17-8-10(12)13/h9-10,14H,3-8H2,1-2H3,(H,15,16). The van der Waals surface area contributed by atoms with E-state index in [1.54, 1.807) is 0 Å². The maximum atomic E-state index is 11.7. The molecule has 0 bridgehead atoms. The monoisotopic (exact) mass is 252 g/mol. The summed E-state index contributed by atoms with van der Waals surface area (Å²) in [6, 6.07) is 0.208. The number of nitrogens with one attached hydrogen (secondary N) is 2. The Morgan fingerprint density at radius 3 is 2.47 bits per heavy atom. The zero-order chi connectivity index (χ0) is 13.1. The topological polar surface area (TPSA) is 50.4 Å². The van der Waals surface area contributed by atoms with E-state index in [9.17, 15) is 13.6 Å². The van der Waals surface area contributed by atoms with Crippen molar-refractivity contribution in [1.82, 2.24) is 10.6 Å². The third kappa shape index (κ3) is 10.1. The van der Waals surface area contributed by atoms with Crippen LogP contribution in [-0.4, -0.2) is 44.7 Å². The van der Waals surface area contributed by atoms with Crippen LogP contribution < -0.4 is 10.6 Å². The summed E-state index contributed by atoms with van der Waals surface area (Å²) in [7, 11) is 0. The van der Waals surface area contributed by atoms with Crippen LogP contribution >= 0.6 is 0 Å². The zero-order valence-corrected chi connectivity index (χ0v) is 10.5. The molecule has 17 heavy (non-hydrogen) atoms. The number of ether oxygens (including phenoxy) is 1. The van der Waals surface area contributed by atoms with Gasteiger partial charge in [-0.3, -0.25) is 4.79 Å². The van der Waals surface area contributed by atoms with E-state index in [2.05, 4.69) is 15.4 Å². The minimum Gasteiger partial charge on any atom is -0.374 e. The van der Waals surface area contributed by atoms with Crippen LogP contribution in [0, 0.1) is 0 Å². The normalized spacial score (nSPS) is 11.2. The van der Waals surface area contributed by atoms with Crippen molar-refractivity contribution < 1.29 is 18.3 Å². The van der Waals surface area contributed by atoms with Gasteiger partial charge in [0.2, 0.25) is 5.91 Å². The van der Waals surface area contributed by atoms with Crippen molar-refractivity contribution in [2.45, 2.75) is 39.2 Å². The van der Waals surface area contributed by atoms with Crippen molar-refractivity contribution in [3.8, 4) is 0 Å². The highest BCUT2D eigenvalue weighted by Crippen LogP contribution is 1.95. The molecule has 4 nitrogen and oxygen atoms in total. The average molecular weight is 252 g/mol. The van der Waals surface area contributed by atoms with Crippen molar-refractivity contribution in [3.63, 3.8) is 0 Å². The van der Waals surface area contributed by atoms with Crippen LogP contribution in [0.4, 0.5) is 8.78 Å². The Hall–Kier alpha value is -0.750. The molecule has 0 aromatic heterocycles. The lowest BCUT2D eigenvalue weighted by Crippen LogP contribution is -2.40. The number of amides is 1. The quantitative estimate of drug-likeness (QED) is 0.574. The molecule has 0 fully saturated rings. The van der Waals surface area contributed by atoms with Gasteiger partial charge in [0.15, 0.2) is 0 Å². The number of hydrogen-bond acceptors (Lipinski definition) is 3. The summed E-state index contributed by atoms with van der Waals surface area (Å²) in [5, 5.41) is 5.69. The molecule has 0 atom stereocenters. The largest absolute Gasteiger partial charge is 0.374 e. The molecule has 0 aromatic carbocycles. The summed E-state index contributed by atoms with van der Waals surface area (Å²) in [5.74, 6) is -0.0763. The molecule has 0 aliphatic rings. The van der Waals surface area contributed by atoms with Crippen LogP contribution in [0.3, 0.4) is 0 Å². The third-order valence-corrected chi connectivity index (χ3v) is 2.30.